The third-order valence-corrected chi connectivity index (χ3v) is 5.30. The maximum absolute atomic E-state index is 13.2. The summed E-state index contributed by atoms with van der Waals surface area (Å²) >= 11 is 0. The number of likely N-dealkylation sites (tertiary alicyclic amines) is 1. The van der Waals surface area contributed by atoms with E-state index in [4.69, 9.17) is 9.47 Å². The molecule has 30 heavy (non-hydrogen) atoms. The largest absolute Gasteiger partial charge is 0.491 e. The molecule has 1 saturated heterocycles. The summed E-state index contributed by atoms with van der Waals surface area (Å²) in [5.41, 5.74) is 0.505. The number of rotatable bonds is 9. The number of ketones is 1. The van der Waals surface area contributed by atoms with Gasteiger partial charge < -0.3 is 9.47 Å². The maximum atomic E-state index is 13.2. The van der Waals surface area contributed by atoms with Crippen LogP contribution in [-0.4, -0.2) is 54.6 Å². The lowest BCUT2D eigenvalue weighted by atomic mass is 9.94. The monoisotopic (exact) mass is 416 g/mol. The highest BCUT2D eigenvalue weighted by Crippen LogP contribution is 2.22. The standard InChI is InChI=1S/C22H25FN2O5/c1-29-20(15-30-19-11-9-18(10-12-19)25(27)28)14-24-13-3-2-4-21(24)22(26)16-5-7-17(23)8-6-16/h5-12,20-21H,2-4,13-15H2,1H3. The first-order valence-electron chi connectivity index (χ1n) is 9.92. The van der Waals surface area contributed by atoms with Crippen LogP contribution < -0.4 is 4.74 Å². The number of ether oxygens (including phenoxy) is 2. The number of Topliss-reactive ketones (excluding diaryl/α,β-unsaturated/α-hetero) is 1. The molecule has 0 aromatic heterocycles. The highest BCUT2D eigenvalue weighted by molar-refractivity contribution is 6.00. The first-order chi connectivity index (χ1) is 14.5. The molecule has 0 saturated carbocycles. The minimum Gasteiger partial charge on any atom is -0.491 e. The number of nitro benzene ring substituents is 1. The van der Waals surface area contributed by atoms with Crippen LogP contribution in [0.4, 0.5) is 10.1 Å². The van der Waals surface area contributed by atoms with Gasteiger partial charge >= 0.3 is 0 Å². The molecule has 0 bridgehead atoms. The number of nitro groups is 1. The quantitative estimate of drug-likeness (QED) is 0.351. The fraction of sp³-hybridized carbons (Fsp3) is 0.409. The molecule has 8 heteroatoms. The van der Waals surface area contributed by atoms with E-state index in [9.17, 15) is 19.3 Å². The van der Waals surface area contributed by atoms with Crippen molar-refractivity contribution in [2.45, 2.75) is 31.4 Å². The molecular weight excluding hydrogens is 391 g/mol. The van der Waals surface area contributed by atoms with Gasteiger partial charge in [-0.2, -0.15) is 0 Å². The Balaban J connectivity index is 1.61. The van der Waals surface area contributed by atoms with Crippen LogP contribution in [0.5, 0.6) is 5.75 Å². The van der Waals surface area contributed by atoms with Gasteiger partial charge in [-0.15, -0.1) is 0 Å². The number of carbonyl (C=O) groups is 1. The van der Waals surface area contributed by atoms with Gasteiger partial charge in [-0.1, -0.05) is 6.42 Å². The van der Waals surface area contributed by atoms with Crippen molar-refractivity contribution >= 4 is 11.5 Å². The number of halogens is 1. The van der Waals surface area contributed by atoms with Gasteiger partial charge in [0.1, 0.15) is 24.3 Å². The minimum atomic E-state index is -0.462. The van der Waals surface area contributed by atoms with Gasteiger partial charge in [-0.05, 0) is 55.8 Å². The number of hydrogen-bond donors (Lipinski definition) is 0. The Morgan fingerprint density at radius 1 is 1.20 bits per heavy atom. The summed E-state index contributed by atoms with van der Waals surface area (Å²) in [6, 6.07) is 11.2. The molecule has 2 unspecified atom stereocenters. The molecule has 0 N–H and O–H groups in total. The van der Waals surface area contributed by atoms with E-state index in [-0.39, 0.29) is 36.0 Å². The Morgan fingerprint density at radius 3 is 2.53 bits per heavy atom. The topological polar surface area (TPSA) is 81.9 Å². The highest BCUT2D eigenvalue weighted by Gasteiger charge is 2.31. The Kier molecular flexibility index (Phi) is 7.48. The van der Waals surface area contributed by atoms with E-state index < -0.39 is 4.92 Å². The van der Waals surface area contributed by atoms with Crippen molar-refractivity contribution in [2.24, 2.45) is 0 Å². The number of nitrogens with zero attached hydrogens (tertiary/aromatic N) is 2. The summed E-state index contributed by atoms with van der Waals surface area (Å²) in [5, 5.41) is 10.7. The molecule has 1 heterocycles. The molecule has 2 aromatic rings. The van der Waals surface area contributed by atoms with Gasteiger partial charge in [-0.25, -0.2) is 4.39 Å². The van der Waals surface area contributed by atoms with E-state index in [1.54, 1.807) is 19.2 Å². The second-order valence-corrected chi connectivity index (χ2v) is 7.30. The van der Waals surface area contributed by atoms with Crippen molar-refractivity contribution in [1.29, 1.82) is 0 Å². The predicted molar refractivity (Wildman–Crippen MR) is 109 cm³/mol. The van der Waals surface area contributed by atoms with Crippen LogP contribution in [0.15, 0.2) is 48.5 Å². The van der Waals surface area contributed by atoms with Crippen LogP contribution in [0, 0.1) is 15.9 Å². The molecule has 0 amide bonds. The molecule has 2 atom stereocenters. The van der Waals surface area contributed by atoms with Gasteiger partial charge in [0.15, 0.2) is 5.78 Å². The molecule has 1 fully saturated rings. The SMILES string of the molecule is COC(COc1ccc([N+](=O)[O-])cc1)CN1CCCCC1C(=O)c1ccc(F)cc1. The number of methoxy groups -OCH3 is 1. The third kappa shape index (κ3) is 5.61. The van der Waals surface area contributed by atoms with Crippen molar-refractivity contribution in [3.05, 3.63) is 70.0 Å². The molecule has 3 rings (SSSR count). The molecule has 0 aliphatic carbocycles. The maximum Gasteiger partial charge on any atom is 0.269 e. The Labute approximate surface area is 174 Å². The number of piperidine rings is 1. The summed E-state index contributed by atoms with van der Waals surface area (Å²) in [4.78, 5) is 25.3. The first kappa shape index (κ1) is 21.9. The molecule has 1 aliphatic heterocycles. The minimum absolute atomic E-state index is 0.00102. The van der Waals surface area contributed by atoms with E-state index in [0.717, 1.165) is 25.8 Å². The summed E-state index contributed by atoms with van der Waals surface area (Å²) in [6.45, 7) is 1.54. The van der Waals surface area contributed by atoms with Gasteiger partial charge in [0.25, 0.3) is 5.69 Å². The normalized spacial score (nSPS) is 18.0. The van der Waals surface area contributed by atoms with Crippen LogP contribution in [0.2, 0.25) is 0 Å². The van der Waals surface area contributed by atoms with E-state index in [1.165, 1.54) is 36.4 Å². The van der Waals surface area contributed by atoms with Crippen LogP contribution in [0.25, 0.3) is 0 Å². The zero-order valence-electron chi connectivity index (χ0n) is 16.8. The molecule has 0 radical (unpaired) electrons. The number of carbonyl (C=O) groups excluding carboxylic acids is 1. The summed E-state index contributed by atoms with van der Waals surface area (Å²) in [5.74, 6) is 0.135. The Morgan fingerprint density at radius 2 is 1.90 bits per heavy atom. The average Bonchev–Trinajstić information content (AvgIpc) is 2.77. The number of benzene rings is 2. The molecule has 7 nitrogen and oxygen atoms in total. The first-order valence-corrected chi connectivity index (χ1v) is 9.92. The summed E-state index contributed by atoms with van der Waals surface area (Å²) < 4.78 is 24.5. The third-order valence-electron chi connectivity index (χ3n) is 5.30. The van der Waals surface area contributed by atoms with E-state index in [1.807, 2.05) is 0 Å². The lowest BCUT2D eigenvalue weighted by Gasteiger charge is -2.36. The van der Waals surface area contributed by atoms with Crippen LogP contribution in [-0.2, 0) is 4.74 Å². The van der Waals surface area contributed by atoms with Crippen molar-refractivity contribution < 1.29 is 23.6 Å². The molecular formula is C22H25FN2O5. The second-order valence-electron chi connectivity index (χ2n) is 7.30. The fourth-order valence-corrected chi connectivity index (χ4v) is 3.62. The zero-order chi connectivity index (χ0) is 21.5. The van der Waals surface area contributed by atoms with Gasteiger partial charge in [-0.3, -0.25) is 19.8 Å². The summed E-state index contributed by atoms with van der Waals surface area (Å²) in [6.07, 6.45) is 2.43. The lowest BCUT2D eigenvalue weighted by Crippen LogP contribution is -2.49. The number of non-ortho nitro benzene ring substituents is 1. The lowest BCUT2D eigenvalue weighted by molar-refractivity contribution is -0.384. The van der Waals surface area contributed by atoms with Crippen LogP contribution >= 0.6 is 0 Å². The zero-order valence-corrected chi connectivity index (χ0v) is 16.8. The van der Waals surface area contributed by atoms with Crippen LogP contribution in [0.3, 0.4) is 0 Å². The fourth-order valence-electron chi connectivity index (χ4n) is 3.62. The van der Waals surface area contributed by atoms with Gasteiger partial charge in [0.2, 0.25) is 0 Å². The van der Waals surface area contributed by atoms with E-state index in [2.05, 4.69) is 4.90 Å². The smallest absolute Gasteiger partial charge is 0.269 e. The highest BCUT2D eigenvalue weighted by atomic mass is 19.1. The van der Waals surface area contributed by atoms with E-state index in [0.29, 0.717) is 17.9 Å². The van der Waals surface area contributed by atoms with Crippen molar-refractivity contribution in [2.75, 3.05) is 26.8 Å². The van der Waals surface area contributed by atoms with Crippen molar-refractivity contribution in [1.82, 2.24) is 4.90 Å². The summed E-state index contributed by atoms with van der Waals surface area (Å²) in [7, 11) is 1.59. The molecule has 0 spiro atoms. The molecule has 2 aromatic carbocycles. The van der Waals surface area contributed by atoms with E-state index >= 15 is 0 Å². The average molecular weight is 416 g/mol. The Hall–Kier alpha value is -2.84. The van der Waals surface area contributed by atoms with Crippen molar-refractivity contribution in [3.63, 3.8) is 0 Å². The van der Waals surface area contributed by atoms with Gasteiger partial charge in [0.05, 0.1) is 11.0 Å². The predicted octanol–water partition coefficient (Wildman–Crippen LogP) is 3.87. The van der Waals surface area contributed by atoms with Crippen LogP contribution in [0.1, 0.15) is 29.6 Å². The van der Waals surface area contributed by atoms with Gasteiger partial charge in [0, 0.05) is 31.4 Å². The Bertz CT molecular complexity index is 857. The second kappa shape index (κ2) is 10.3. The molecule has 1 aliphatic rings. The van der Waals surface area contributed by atoms with Crippen molar-refractivity contribution in [3.8, 4) is 5.75 Å². The molecule has 160 valence electrons. The number of hydrogen-bond acceptors (Lipinski definition) is 6.